The molecule has 1 aromatic carbocycles. The average molecular weight is 322 g/mol. The SMILES string of the molecule is Clc1cc(CCCN2CCOCC2)ccc1C1CCCCC1. The minimum atomic E-state index is 0.698. The molecule has 0 N–H and O–H groups in total. The highest BCUT2D eigenvalue weighted by Crippen LogP contribution is 2.36. The molecular formula is C19H28ClNO. The summed E-state index contributed by atoms with van der Waals surface area (Å²) in [6.07, 6.45) is 9.09. The van der Waals surface area contributed by atoms with Gasteiger partial charge in [-0.05, 0) is 55.3 Å². The van der Waals surface area contributed by atoms with Crippen molar-refractivity contribution in [2.75, 3.05) is 32.8 Å². The maximum absolute atomic E-state index is 6.56. The Kier molecular flexibility index (Phi) is 6.17. The number of rotatable bonds is 5. The Morgan fingerprint density at radius 1 is 1.09 bits per heavy atom. The molecule has 122 valence electrons. The molecule has 2 fully saturated rings. The van der Waals surface area contributed by atoms with E-state index in [2.05, 4.69) is 23.1 Å². The number of ether oxygens (including phenoxy) is 1. The van der Waals surface area contributed by atoms with E-state index in [4.69, 9.17) is 16.3 Å². The smallest absolute Gasteiger partial charge is 0.0594 e. The Labute approximate surface area is 139 Å². The first-order valence-electron chi connectivity index (χ1n) is 8.91. The van der Waals surface area contributed by atoms with Crippen LogP contribution in [-0.2, 0) is 11.2 Å². The van der Waals surface area contributed by atoms with Crippen LogP contribution in [0.3, 0.4) is 0 Å². The molecule has 3 heteroatoms. The van der Waals surface area contributed by atoms with E-state index in [9.17, 15) is 0 Å². The molecule has 2 aliphatic rings. The van der Waals surface area contributed by atoms with Gasteiger partial charge in [0, 0.05) is 18.1 Å². The van der Waals surface area contributed by atoms with E-state index >= 15 is 0 Å². The number of morpholine rings is 1. The topological polar surface area (TPSA) is 12.5 Å². The van der Waals surface area contributed by atoms with Crippen molar-refractivity contribution in [2.45, 2.75) is 50.9 Å². The van der Waals surface area contributed by atoms with Crippen LogP contribution in [0.1, 0.15) is 55.6 Å². The first-order valence-corrected chi connectivity index (χ1v) is 9.29. The van der Waals surface area contributed by atoms with E-state index in [1.807, 2.05) is 0 Å². The zero-order valence-electron chi connectivity index (χ0n) is 13.5. The fourth-order valence-corrected chi connectivity index (χ4v) is 4.16. The van der Waals surface area contributed by atoms with Crippen LogP contribution in [0.25, 0.3) is 0 Å². The second-order valence-electron chi connectivity index (χ2n) is 6.75. The normalized spacial score (nSPS) is 21.1. The third-order valence-electron chi connectivity index (χ3n) is 5.15. The first kappa shape index (κ1) is 16.3. The minimum Gasteiger partial charge on any atom is -0.379 e. The summed E-state index contributed by atoms with van der Waals surface area (Å²) in [5.74, 6) is 0.698. The zero-order valence-corrected chi connectivity index (χ0v) is 14.3. The van der Waals surface area contributed by atoms with E-state index in [-0.39, 0.29) is 0 Å². The number of hydrogen-bond acceptors (Lipinski definition) is 2. The summed E-state index contributed by atoms with van der Waals surface area (Å²) < 4.78 is 5.39. The van der Waals surface area contributed by atoms with Crippen LogP contribution in [0.4, 0.5) is 0 Å². The lowest BCUT2D eigenvalue weighted by atomic mass is 9.84. The van der Waals surface area contributed by atoms with Gasteiger partial charge in [-0.25, -0.2) is 0 Å². The van der Waals surface area contributed by atoms with Crippen molar-refractivity contribution in [1.82, 2.24) is 4.90 Å². The molecule has 2 nitrogen and oxygen atoms in total. The average Bonchev–Trinajstić information content (AvgIpc) is 2.57. The highest BCUT2D eigenvalue weighted by Gasteiger charge is 2.18. The monoisotopic (exact) mass is 321 g/mol. The Hall–Kier alpha value is -0.570. The van der Waals surface area contributed by atoms with Gasteiger partial charge in [0.15, 0.2) is 0 Å². The molecule has 0 bridgehead atoms. The molecule has 0 atom stereocenters. The van der Waals surface area contributed by atoms with Crippen molar-refractivity contribution in [3.8, 4) is 0 Å². The fourth-order valence-electron chi connectivity index (χ4n) is 3.80. The summed E-state index contributed by atoms with van der Waals surface area (Å²) in [6, 6.07) is 6.81. The van der Waals surface area contributed by atoms with Crippen molar-refractivity contribution in [3.63, 3.8) is 0 Å². The largest absolute Gasteiger partial charge is 0.379 e. The Morgan fingerprint density at radius 2 is 1.86 bits per heavy atom. The van der Waals surface area contributed by atoms with Gasteiger partial charge in [-0.1, -0.05) is 43.0 Å². The van der Waals surface area contributed by atoms with Crippen LogP contribution in [-0.4, -0.2) is 37.7 Å². The molecule has 0 spiro atoms. The van der Waals surface area contributed by atoms with E-state index in [1.54, 1.807) is 0 Å². The molecule has 1 aromatic rings. The molecule has 1 saturated heterocycles. The van der Waals surface area contributed by atoms with Crippen molar-refractivity contribution in [3.05, 3.63) is 34.3 Å². The van der Waals surface area contributed by atoms with Gasteiger partial charge < -0.3 is 4.74 Å². The van der Waals surface area contributed by atoms with Crippen LogP contribution in [0.5, 0.6) is 0 Å². The van der Waals surface area contributed by atoms with Gasteiger partial charge in [0.25, 0.3) is 0 Å². The molecule has 0 unspecified atom stereocenters. The van der Waals surface area contributed by atoms with Gasteiger partial charge in [-0.15, -0.1) is 0 Å². The summed E-state index contributed by atoms with van der Waals surface area (Å²) >= 11 is 6.56. The summed E-state index contributed by atoms with van der Waals surface area (Å²) in [6.45, 7) is 5.12. The molecule has 1 heterocycles. The first-order chi connectivity index (χ1) is 10.8. The highest BCUT2D eigenvalue weighted by atomic mass is 35.5. The summed E-state index contributed by atoms with van der Waals surface area (Å²) in [4.78, 5) is 2.50. The fraction of sp³-hybridized carbons (Fsp3) is 0.684. The maximum Gasteiger partial charge on any atom is 0.0594 e. The Balaban J connectivity index is 1.50. The molecule has 1 aliphatic carbocycles. The standard InChI is InChI=1S/C19H28ClNO/c20-19-15-16(5-4-10-21-11-13-22-14-12-21)8-9-18(19)17-6-2-1-3-7-17/h8-9,15,17H,1-7,10-14H2. The van der Waals surface area contributed by atoms with E-state index < -0.39 is 0 Å². The van der Waals surface area contributed by atoms with Gasteiger partial charge in [0.05, 0.1) is 13.2 Å². The Morgan fingerprint density at radius 3 is 2.59 bits per heavy atom. The predicted molar refractivity (Wildman–Crippen MR) is 92.9 cm³/mol. The number of hydrogen-bond donors (Lipinski definition) is 0. The maximum atomic E-state index is 6.56. The summed E-state index contributed by atoms with van der Waals surface area (Å²) in [5, 5.41) is 0.996. The Bertz CT molecular complexity index is 465. The van der Waals surface area contributed by atoms with E-state index in [0.717, 1.165) is 37.7 Å². The van der Waals surface area contributed by atoms with Gasteiger partial charge in [-0.2, -0.15) is 0 Å². The van der Waals surface area contributed by atoms with Crippen LogP contribution in [0.2, 0.25) is 5.02 Å². The molecular weight excluding hydrogens is 294 g/mol. The number of nitrogens with zero attached hydrogens (tertiary/aromatic N) is 1. The van der Waals surface area contributed by atoms with E-state index in [1.165, 1.54) is 56.2 Å². The van der Waals surface area contributed by atoms with Crippen molar-refractivity contribution >= 4 is 11.6 Å². The summed E-state index contributed by atoms with van der Waals surface area (Å²) in [7, 11) is 0. The lowest BCUT2D eigenvalue weighted by Gasteiger charge is -2.26. The molecule has 0 amide bonds. The van der Waals surface area contributed by atoms with E-state index in [0.29, 0.717) is 5.92 Å². The second-order valence-corrected chi connectivity index (χ2v) is 7.16. The van der Waals surface area contributed by atoms with Crippen molar-refractivity contribution in [2.24, 2.45) is 0 Å². The molecule has 22 heavy (non-hydrogen) atoms. The molecule has 0 radical (unpaired) electrons. The van der Waals surface area contributed by atoms with Crippen LogP contribution < -0.4 is 0 Å². The number of aryl methyl sites for hydroxylation is 1. The van der Waals surface area contributed by atoms with Crippen LogP contribution in [0.15, 0.2) is 18.2 Å². The van der Waals surface area contributed by atoms with Crippen molar-refractivity contribution < 1.29 is 4.74 Å². The molecule has 0 aromatic heterocycles. The number of halogens is 1. The van der Waals surface area contributed by atoms with Crippen LogP contribution in [0, 0.1) is 0 Å². The second kappa shape index (κ2) is 8.33. The van der Waals surface area contributed by atoms with Gasteiger partial charge in [0.1, 0.15) is 0 Å². The molecule has 1 aliphatic heterocycles. The van der Waals surface area contributed by atoms with Gasteiger partial charge in [-0.3, -0.25) is 4.90 Å². The predicted octanol–water partition coefficient (Wildman–Crippen LogP) is 4.65. The molecule has 1 saturated carbocycles. The highest BCUT2D eigenvalue weighted by molar-refractivity contribution is 6.31. The quantitative estimate of drug-likeness (QED) is 0.782. The lowest BCUT2D eigenvalue weighted by molar-refractivity contribution is 0.0375. The molecule has 3 rings (SSSR count). The lowest BCUT2D eigenvalue weighted by Crippen LogP contribution is -2.36. The zero-order chi connectivity index (χ0) is 15.2. The minimum absolute atomic E-state index is 0.698. The van der Waals surface area contributed by atoms with Crippen molar-refractivity contribution in [1.29, 1.82) is 0 Å². The third-order valence-corrected chi connectivity index (χ3v) is 5.48. The van der Waals surface area contributed by atoms with Gasteiger partial charge in [0.2, 0.25) is 0 Å². The summed E-state index contributed by atoms with van der Waals surface area (Å²) in [5.41, 5.74) is 2.77. The third kappa shape index (κ3) is 4.47. The van der Waals surface area contributed by atoms with Crippen LogP contribution >= 0.6 is 11.6 Å². The number of benzene rings is 1. The van der Waals surface area contributed by atoms with Gasteiger partial charge >= 0.3 is 0 Å².